The van der Waals surface area contributed by atoms with Gasteiger partial charge in [0.05, 0.1) is 28.1 Å². The fourth-order valence-corrected chi connectivity index (χ4v) is 3.76. The summed E-state index contributed by atoms with van der Waals surface area (Å²) in [5.41, 5.74) is 2.19. The summed E-state index contributed by atoms with van der Waals surface area (Å²) in [6, 6.07) is 16.1. The van der Waals surface area contributed by atoms with Gasteiger partial charge in [0, 0.05) is 22.8 Å². The van der Waals surface area contributed by atoms with E-state index in [-0.39, 0.29) is 17.2 Å². The first kappa shape index (κ1) is 20.7. The van der Waals surface area contributed by atoms with Gasteiger partial charge in [0.1, 0.15) is 7.11 Å². The Morgan fingerprint density at radius 2 is 1.87 bits per heavy atom. The van der Waals surface area contributed by atoms with E-state index in [1.54, 1.807) is 30.5 Å². The van der Waals surface area contributed by atoms with Crippen molar-refractivity contribution in [3.8, 4) is 17.2 Å². The van der Waals surface area contributed by atoms with E-state index < -0.39 is 5.56 Å². The van der Waals surface area contributed by atoms with Gasteiger partial charge in [0.25, 0.3) is 5.56 Å². The van der Waals surface area contributed by atoms with Gasteiger partial charge in [-0.15, -0.1) is 4.73 Å². The summed E-state index contributed by atoms with van der Waals surface area (Å²) in [5.74, 6) is 0.286. The lowest BCUT2D eigenvalue weighted by Crippen LogP contribution is -2.27. The molecule has 4 rings (SSSR count). The summed E-state index contributed by atoms with van der Waals surface area (Å²) < 4.78 is 1.08. The SMILES string of the molecule is COn1c(=O)c(-c2c(Cl)cccc2Cl)cc2cnc(Nc3ccc(CC#N)cc3)nc21. The Morgan fingerprint density at radius 1 is 1.16 bits per heavy atom. The van der Waals surface area contributed by atoms with Crippen LogP contribution >= 0.6 is 23.2 Å². The summed E-state index contributed by atoms with van der Waals surface area (Å²) in [5, 5.41) is 13.1. The number of nitrogens with one attached hydrogen (secondary N) is 1. The molecule has 154 valence electrons. The second-order valence-electron chi connectivity index (χ2n) is 6.57. The van der Waals surface area contributed by atoms with Crippen molar-refractivity contribution in [3.63, 3.8) is 0 Å². The molecular weight excluding hydrogens is 437 g/mol. The molecule has 0 unspecified atom stereocenters. The zero-order valence-corrected chi connectivity index (χ0v) is 17.8. The minimum atomic E-state index is -0.449. The van der Waals surface area contributed by atoms with Crippen molar-refractivity contribution in [1.29, 1.82) is 5.26 Å². The molecule has 2 heterocycles. The molecule has 0 aliphatic heterocycles. The van der Waals surface area contributed by atoms with Gasteiger partial charge >= 0.3 is 0 Å². The zero-order valence-electron chi connectivity index (χ0n) is 16.3. The number of benzene rings is 2. The van der Waals surface area contributed by atoms with Crippen LogP contribution in [0.5, 0.6) is 0 Å². The number of aromatic nitrogens is 3. The third kappa shape index (κ3) is 4.04. The topological polar surface area (TPSA) is 92.8 Å². The highest BCUT2D eigenvalue weighted by Gasteiger charge is 2.18. The predicted molar refractivity (Wildman–Crippen MR) is 121 cm³/mol. The van der Waals surface area contributed by atoms with Gasteiger partial charge in [0.2, 0.25) is 5.95 Å². The third-order valence-corrected chi connectivity index (χ3v) is 5.24. The number of hydrogen-bond acceptors (Lipinski definition) is 6. The molecule has 2 aromatic heterocycles. The van der Waals surface area contributed by atoms with E-state index in [0.29, 0.717) is 27.4 Å². The van der Waals surface area contributed by atoms with E-state index in [0.717, 1.165) is 16.0 Å². The van der Waals surface area contributed by atoms with Crippen LogP contribution in [0, 0.1) is 11.3 Å². The van der Waals surface area contributed by atoms with Gasteiger partial charge in [-0.1, -0.05) is 41.4 Å². The first-order valence-electron chi connectivity index (χ1n) is 9.16. The van der Waals surface area contributed by atoms with Gasteiger partial charge in [-0.05, 0) is 35.9 Å². The first-order valence-corrected chi connectivity index (χ1v) is 9.92. The molecule has 0 atom stereocenters. The summed E-state index contributed by atoms with van der Waals surface area (Å²) in [4.78, 5) is 27.2. The molecule has 2 aromatic carbocycles. The average Bonchev–Trinajstić information content (AvgIpc) is 2.76. The molecule has 0 radical (unpaired) electrons. The first-order chi connectivity index (χ1) is 15.0. The van der Waals surface area contributed by atoms with Crippen LogP contribution in [0.25, 0.3) is 22.2 Å². The average molecular weight is 452 g/mol. The number of anilines is 2. The summed E-state index contributed by atoms with van der Waals surface area (Å²) >= 11 is 12.6. The number of pyridine rings is 1. The normalized spacial score (nSPS) is 10.6. The molecule has 9 heteroatoms. The van der Waals surface area contributed by atoms with Crippen LogP contribution in [0.2, 0.25) is 10.0 Å². The van der Waals surface area contributed by atoms with Crippen LogP contribution in [0.15, 0.2) is 59.5 Å². The molecule has 0 amide bonds. The molecule has 0 saturated heterocycles. The van der Waals surface area contributed by atoms with Crippen LogP contribution in [0.3, 0.4) is 0 Å². The molecule has 4 aromatic rings. The Hall–Kier alpha value is -3.60. The highest BCUT2D eigenvalue weighted by molar-refractivity contribution is 6.39. The predicted octanol–water partition coefficient (Wildman–Crippen LogP) is 4.63. The molecule has 0 bridgehead atoms. The van der Waals surface area contributed by atoms with E-state index in [1.807, 2.05) is 24.3 Å². The summed E-state index contributed by atoms with van der Waals surface area (Å²) in [6.45, 7) is 0. The Kier molecular flexibility index (Phi) is 5.76. The Morgan fingerprint density at radius 3 is 2.52 bits per heavy atom. The smallest absolute Gasteiger partial charge is 0.293 e. The van der Waals surface area contributed by atoms with Crippen LogP contribution < -0.4 is 15.7 Å². The maximum atomic E-state index is 13.1. The lowest BCUT2D eigenvalue weighted by Gasteiger charge is -2.13. The van der Waals surface area contributed by atoms with Crippen LogP contribution in [0.1, 0.15) is 5.56 Å². The van der Waals surface area contributed by atoms with Crippen LogP contribution in [-0.4, -0.2) is 21.8 Å². The lowest BCUT2D eigenvalue weighted by atomic mass is 10.1. The van der Waals surface area contributed by atoms with Crippen molar-refractivity contribution >= 4 is 45.9 Å². The van der Waals surface area contributed by atoms with Gasteiger partial charge in [-0.2, -0.15) is 10.2 Å². The molecular formula is C22H15Cl2N5O2. The standard InChI is InChI=1S/C22H15Cl2N5O2/c1-31-29-20-14(11-16(21(29)30)19-17(23)3-2-4-18(19)24)12-26-22(28-20)27-15-7-5-13(6-8-15)9-10-25/h2-8,11-12H,9H2,1H3,(H,26,27,28). The molecule has 31 heavy (non-hydrogen) atoms. The Bertz CT molecular complexity index is 1360. The largest absolute Gasteiger partial charge is 0.412 e. The second-order valence-corrected chi connectivity index (χ2v) is 7.38. The number of nitriles is 1. The van der Waals surface area contributed by atoms with E-state index in [4.69, 9.17) is 33.3 Å². The molecule has 1 N–H and O–H groups in total. The molecule has 0 aliphatic carbocycles. The maximum absolute atomic E-state index is 13.1. The van der Waals surface area contributed by atoms with Gasteiger partial charge in [0.15, 0.2) is 5.65 Å². The number of rotatable bonds is 5. The van der Waals surface area contributed by atoms with Gasteiger partial charge in [-0.25, -0.2) is 4.98 Å². The monoisotopic (exact) mass is 451 g/mol. The van der Waals surface area contributed by atoms with Crippen LogP contribution in [-0.2, 0) is 6.42 Å². The van der Waals surface area contributed by atoms with Crippen molar-refractivity contribution in [2.75, 3.05) is 12.4 Å². The van der Waals surface area contributed by atoms with Gasteiger partial charge < -0.3 is 10.2 Å². The van der Waals surface area contributed by atoms with E-state index in [2.05, 4.69) is 21.4 Å². The number of nitrogens with zero attached hydrogens (tertiary/aromatic N) is 4. The Balaban J connectivity index is 1.78. The fraction of sp³-hybridized carbons (Fsp3) is 0.0909. The number of halogens is 2. The quantitative estimate of drug-likeness (QED) is 0.475. The van der Waals surface area contributed by atoms with Crippen LogP contribution in [0.4, 0.5) is 11.6 Å². The minimum Gasteiger partial charge on any atom is -0.412 e. The highest BCUT2D eigenvalue weighted by Crippen LogP contribution is 2.33. The van der Waals surface area contributed by atoms with E-state index >= 15 is 0 Å². The Labute approximate surface area is 187 Å². The number of hydrogen-bond donors (Lipinski definition) is 1. The second kappa shape index (κ2) is 8.64. The lowest BCUT2D eigenvalue weighted by molar-refractivity contribution is 0.168. The molecule has 0 fully saturated rings. The summed E-state index contributed by atoms with van der Waals surface area (Å²) in [6.07, 6.45) is 1.92. The molecule has 7 nitrogen and oxygen atoms in total. The third-order valence-electron chi connectivity index (χ3n) is 4.61. The van der Waals surface area contributed by atoms with Crippen molar-refractivity contribution < 1.29 is 4.84 Å². The van der Waals surface area contributed by atoms with E-state index in [1.165, 1.54) is 7.11 Å². The zero-order chi connectivity index (χ0) is 22.0. The fourth-order valence-electron chi connectivity index (χ4n) is 3.16. The molecule has 0 saturated carbocycles. The molecule has 0 aliphatic rings. The molecule has 0 spiro atoms. The highest BCUT2D eigenvalue weighted by atomic mass is 35.5. The number of fused-ring (bicyclic) bond motifs is 1. The minimum absolute atomic E-state index is 0.280. The van der Waals surface area contributed by atoms with E-state index in [9.17, 15) is 4.79 Å². The van der Waals surface area contributed by atoms with Crippen molar-refractivity contribution in [1.82, 2.24) is 14.7 Å². The van der Waals surface area contributed by atoms with Crippen molar-refractivity contribution in [2.24, 2.45) is 0 Å². The van der Waals surface area contributed by atoms with Crippen molar-refractivity contribution in [2.45, 2.75) is 6.42 Å². The van der Waals surface area contributed by atoms with Gasteiger partial charge in [-0.3, -0.25) is 4.79 Å². The summed E-state index contributed by atoms with van der Waals surface area (Å²) in [7, 11) is 1.38. The van der Waals surface area contributed by atoms with Crippen molar-refractivity contribution in [3.05, 3.63) is 80.7 Å². The maximum Gasteiger partial charge on any atom is 0.293 e.